The smallest absolute Gasteiger partial charge is 0.385 e. The van der Waals surface area contributed by atoms with Gasteiger partial charge in [0.25, 0.3) is 17.7 Å². The van der Waals surface area contributed by atoms with Crippen LogP contribution in [0.25, 0.3) is 0 Å². The lowest BCUT2D eigenvalue weighted by Gasteiger charge is -2.22. The van der Waals surface area contributed by atoms with Crippen molar-refractivity contribution in [3.63, 3.8) is 0 Å². The molecule has 3 amide bonds. The lowest BCUT2D eigenvalue weighted by atomic mass is 10.0. The van der Waals surface area contributed by atoms with E-state index >= 15 is 0 Å². The number of carbonyl (C=O) groups is 3. The highest BCUT2D eigenvalue weighted by atomic mass is 19.4. The summed E-state index contributed by atoms with van der Waals surface area (Å²) in [5, 5.41) is 0. The molecular formula is C18H19F3N2O4. The third kappa shape index (κ3) is 4.73. The number of imide groups is 1. The van der Waals surface area contributed by atoms with E-state index in [9.17, 15) is 27.6 Å². The molecule has 0 aromatic heterocycles. The van der Waals surface area contributed by atoms with Gasteiger partial charge in [0.05, 0.1) is 11.1 Å². The van der Waals surface area contributed by atoms with Crippen molar-refractivity contribution in [2.75, 3.05) is 33.4 Å². The number of halogens is 3. The van der Waals surface area contributed by atoms with Crippen molar-refractivity contribution in [1.82, 2.24) is 9.80 Å². The van der Waals surface area contributed by atoms with Crippen molar-refractivity contribution in [2.24, 2.45) is 0 Å². The molecular weight excluding hydrogens is 365 g/mol. The van der Waals surface area contributed by atoms with E-state index in [2.05, 4.69) is 6.58 Å². The van der Waals surface area contributed by atoms with Crippen LogP contribution in [-0.4, -0.2) is 67.0 Å². The third-order valence-electron chi connectivity index (χ3n) is 3.95. The van der Waals surface area contributed by atoms with Crippen LogP contribution in [0.15, 0.2) is 30.9 Å². The van der Waals surface area contributed by atoms with Crippen LogP contribution in [0.2, 0.25) is 0 Å². The van der Waals surface area contributed by atoms with E-state index in [1.807, 2.05) is 0 Å². The normalized spacial score (nSPS) is 13.7. The van der Waals surface area contributed by atoms with Crippen LogP contribution in [0.5, 0.6) is 0 Å². The molecule has 1 aliphatic heterocycles. The number of hydrogen-bond donors (Lipinski definition) is 0. The van der Waals surface area contributed by atoms with Crippen LogP contribution in [0, 0.1) is 0 Å². The molecule has 0 unspecified atom stereocenters. The van der Waals surface area contributed by atoms with Crippen LogP contribution in [0.1, 0.15) is 37.5 Å². The zero-order chi connectivity index (χ0) is 20.2. The molecule has 0 aliphatic carbocycles. The fourth-order valence-electron chi connectivity index (χ4n) is 2.77. The first-order chi connectivity index (χ1) is 12.7. The molecule has 1 aromatic rings. The van der Waals surface area contributed by atoms with E-state index < -0.39 is 30.4 Å². The Morgan fingerprint density at radius 1 is 1.26 bits per heavy atom. The predicted octanol–water partition coefficient (Wildman–Crippen LogP) is 2.51. The van der Waals surface area contributed by atoms with Gasteiger partial charge in [0.15, 0.2) is 0 Å². The number of hydrogen-bond acceptors (Lipinski definition) is 4. The number of fused-ring (bicyclic) bond motifs is 1. The average molecular weight is 384 g/mol. The topological polar surface area (TPSA) is 66.9 Å². The highest BCUT2D eigenvalue weighted by molar-refractivity contribution is 6.22. The second-order valence-electron chi connectivity index (χ2n) is 5.96. The zero-order valence-electron chi connectivity index (χ0n) is 14.7. The Balaban J connectivity index is 2.25. The second-order valence-corrected chi connectivity index (χ2v) is 5.96. The first kappa shape index (κ1) is 20.6. The first-order valence-corrected chi connectivity index (χ1v) is 8.15. The number of ether oxygens (including phenoxy) is 1. The van der Waals surface area contributed by atoms with Crippen molar-refractivity contribution < 1.29 is 32.3 Å². The Labute approximate surface area is 154 Å². The van der Waals surface area contributed by atoms with Crippen LogP contribution in [-0.2, 0) is 4.74 Å². The predicted molar refractivity (Wildman–Crippen MR) is 90.5 cm³/mol. The highest BCUT2D eigenvalue weighted by Crippen LogP contribution is 2.25. The molecule has 9 heteroatoms. The van der Waals surface area contributed by atoms with E-state index in [0.717, 1.165) is 4.90 Å². The van der Waals surface area contributed by atoms with E-state index in [1.54, 1.807) is 0 Å². The fourth-order valence-corrected chi connectivity index (χ4v) is 2.77. The molecule has 0 spiro atoms. The van der Waals surface area contributed by atoms with Gasteiger partial charge >= 0.3 is 6.18 Å². The first-order valence-electron chi connectivity index (χ1n) is 8.15. The molecule has 1 heterocycles. The Morgan fingerprint density at radius 2 is 1.93 bits per heavy atom. The molecule has 0 saturated carbocycles. The molecule has 2 rings (SSSR count). The van der Waals surface area contributed by atoms with Gasteiger partial charge in [-0.15, -0.1) is 6.58 Å². The van der Waals surface area contributed by atoms with Crippen molar-refractivity contribution in [2.45, 2.75) is 12.6 Å². The van der Waals surface area contributed by atoms with Gasteiger partial charge in [-0.3, -0.25) is 19.3 Å². The monoisotopic (exact) mass is 384 g/mol. The minimum atomic E-state index is -4.57. The number of carbonyl (C=O) groups excluding carboxylic acids is 3. The highest BCUT2D eigenvalue weighted by Gasteiger charge is 2.37. The van der Waals surface area contributed by atoms with E-state index in [1.165, 1.54) is 31.4 Å². The summed E-state index contributed by atoms with van der Waals surface area (Å²) in [6.45, 7) is 2.13. The van der Waals surface area contributed by atoms with Gasteiger partial charge in [-0.25, -0.2) is 0 Å². The molecule has 0 bridgehead atoms. The molecule has 27 heavy (non-hydrogen) atoms. The van der Waals surface area contributed by atoms with E-state index in [0.29, 0.717) is 17.9 Å². The van der Waals surface area contributed by atoms with E-state index in [4.69, 9.17) is 4.74 Å². The fraction of sp³-hybridized carbons (Fsp3) is 0.389. The lowest BCUT2D eigenvalue weighted by Crippen LogP contribution is -2.39. The summed E-state index contributed by atoms with van der Waals surface area (Å²) in [4.78, 5) is 38.8. The van der Waals surface area contributed by atoms with Gasteiger partial charge in [0.2, 0.25) is 0 Å². The summed E-state index contributed by atoms with van der Waals surface area (Å²) >= 11 is 0. The van der Waals surface area contributed by atoms with Crippen molar-refractivity contribution in [3.05, 3.63) is 47.5 Å². The second kappa shape index (κ2) is 8.34. The van der Waals surface area contributed by atoms with Gasteiger partial charge in [-0.2, -0.15) is 13.2 Å². The Kier molecular flexibility index (Phi) is 6.37. The maximum atomic E-state index is 12.7. The van der Waals surface area contributed by atoms with Crippen LogP contribution >= 0.6 is 0 Å². The minimum absolute atomic E-state index is 0.00817. The maximum absolute atomic E-state index is 12.7. The summed E-state index contributed by atoms with van der Waals surface area (Å²) in [6, 6.07) is 3.71. The van der Waals surface area contributed by atoms with Crippen molar-refractivity contribution in [3.8, 4) is 0 Å². The molecule has 1 aromatic carbocycles. The average Bonchev–Trinajstić information content (AvgIpc) is 2.84. The van der Waals surface area contributed by atoms with Crippen LogP contribution < -0.4 is 0 Å². The Morgan fingerprint density at radius 3 is 2.52 bits per heavy atom. The lowest BCUT2D eigenvalue weighted by molar-refractivity contribution is -0.139. The summed E-state index contributed by atoms with van der Waals surface area (Å²) in [5.74, 6) is -1.97. The standard InChI is InChI=1S/C18H19F3N2O4/c1-3-7-22(11-18(19,20)21)15(24)12-5-6-13-14(10-12)17(26)23(16(13)25)8-4-9-27-2/h3,5-6,10H,1,4,7-9,11H2,2H3. The van der Waals surface area contributed by atoms with Crippen LogP contribution in [0.4, 0.5) is 13.2 Å². The van der Waals surface area contributed by atoms with E-state index in [-0.39, 0.29) is 29.8 Å². The molecule has 0 radical (unpaired) electrons. The number of benzene rings is 1. The summed E-state index contributed by atoms with van der Waals surface area (Å²) < 4.78 is 43.0. The third-order valence-corrected chi connectivity index (χ3v) is 3.95. The number of rotatable bonds is 8. The quantitative estimate of drug-likeness (QED) is 0.392. The molecule has 6 nitrogen and oxygen atoms in total. The molecule has 0 atom stereocenters. The van der Waals surface area contributed by atoms with Crippen LogP contribution in [0.3, 0.4) is 0 Å². The van der Waals surface area contributed by atoms with Gasteiger partial charge in [0.1, 0.15) is 6.54 Å². The van der Waals surface area contributed by atoms with Crippen molar-refractivity contribution in [1.29, 1.82) is 0 Å². The van der Waals surface area contributed by atoms with Gasteiger partial charge in [0, 0.05) is 32.4 Å². The molecule has 146 valence electrons. The molecule has 0 fully saturated rings. The number of alkyl halides is 3. The van der Waals surface area contributed by atoms with Crippen molar-refractivity contribution >= 4 is 17.7 Å². The zero-order valence-corrected chi connectivity index (χ0v) is 14.7. The Bertz CT molecular complexity index is 761. The minimum Gasteiger partial charge on any atom is -0.385 e. The summed E-state index contributed by atoms with van der Waals surface area (Å²) in [7, 11) is 1.50. The van der Waals surface area contributed by atoms with Gasteiger partial charge in [-0.1, -0.05) is 6.08 Å². The summed E-state index contributed by atoms with van der Waals surface area (Å²) in [6.07, 6.45) is -2.94. The molecule has 0 saturated heterocycles. The number of nitrogens with zero attached hydrogens (tertiary/aromatic N) is 2. The largest absolute Gasteiger partial charge is 0.406 e. The molecule has 1 aliphatic rings. The molecule has 0 N–H and O–H groups in total. The maximum Gasteiger partial charge on any atom is 0.406 e. The number of amides is 3. The van der Waals surface area contributed by atoms with Gasteiger partial charge < -0.3 is 9.64 Å². The Hall–Kier alpha value is -2.68. The SMILES string of the molecule is C=CCN(CC(F)(F)F)C(=O)c1ccc2c(c1)C(=O)N(CCCOC)C2=O. The number of methoxy groups -OCH3 is 1. The van der Waals surface area contributed by atoms with Gasteiger partial charge in [-0.05, 0) is 24.6 Å². The summed E-state index contributed by atoms with van der Waals surface area (Å²) in [5.41, 5.74) is 0.0358.